The first-order valence-electron chi connectivity index (χ1n) is 3.77. The fourth-order valence-corrected chi connectivity index (χ4v) is 1.65. The molecule has 0 atom stereocenters. The molecule has 0 radical (unpaired) electrons. The molecule has 0 saturated heterocycles. The number of hydrogen-bond donors (Lipinski definition) is 0. The maximum absolute atomic E-state index is 11.3. The van der Waals surface area contributed by atoms with Gasteiger partial charge in [0.1, 0.15) is 5.78 Å². The maximum atomic E-state index is 11.3. The lowest BCUT2D eigenvalue weighted by atomic mass is 10.2. The Hall–Kier alpha value is -1.56. The van der Waals surface area contributed by atoms with Crippen LogP contribution in [0.15, 0.2) is 12.1 Å². The molecule has 0 bridgehead atoms. The molecule has 0 unspecified atom stereocenters. The fraction of sp³-hybridized carbons (Fsp3) is 0.250. The smallest absolute Gasteiger partial charge is 0.300 e. The molecule has 0 aliphatic carbocycles. The van der Waals surface area contributed by atoms with Gasteiger partial charge in [-0.25, -0.2) is 0 Å². The van der Waals surface area contributed by atoms with Crippen LogP contribution in [0.4, 0.5) is 5.00 Å². The van der Waals surface area contributed by atoms with E-state index in [2.05, 4.69) is 0 Å². The van der Waals surface area contributed by atoms with Crippen molar-refractivity contribution >= 4 is 27.9 Å². The lowest BCUT2D eigenvalue weighted by molar-refractivity contribution is -0.380. The molecule has 14 heavy (non-hydrogen) atoms. The van der Waals surface area contributed by atoms with Crippen LogP contribution >= 0.6 is 11.3 Å². The van der Waals surface area contributed by atoms with Crippen LogP contribution in [0.25, 0.3) is 0 Å². The van der Waals surface area contributed by atoms with Crippen LogP contribution in [-0.4, -0.2) is 16.5 Å². The highest BCUT2D eigenvalue weighted by Crippen LogP contribution is 2.24. The second-order valence-electron chi connectivity index (χ2n) is 2.70. The Morgan fingerprint density at radius 2 is 2.14 bits per heavy atom. The van der Waals surface area contributed by atoms with E-state index in [9.17, 15) is 19.7 Å². The summed E-state index contributed by atoms with van der Waals surface area (Å²) in [6.07, 6.45) is -0.197. The van der Waals surface area contributed by atoms with E-state index >= 15 is 0 Å². The molecule has 5 nitrogen and oxygen atoms in total. The molecule has 6 heteroatoms. The summed E-state index contributed by atoms with van der Waals surface area (Å²) in [5, 5.41) is 10.2. The summed E-state index contributed by atoms with van der Waals surface area (Å²) in [7, 11) is 0. The predicted octanol–water partition coefficient (Wildman–Crippen LogP) is 1.82. The quantitative estimate of drug-likeness (QED) is 0.331. The zero-order valence-electron chi connectivity index (χ0n) is 7.35. The molecule has 0 aliphatic heterocycles. The Balaban J connectivity index is 2.81. The zero-order chi connectivity index (χ0) is 10.7. The third-order valence-electron chi connectivity index (χ3n) is 1.46. The SMILES string of the molecule is CC(=O)CC(=O)c1ccc([N+](=O)[O-])s1. The van der Waals surface area contributed by atoms with Crippen molar-refractivity contribution in [1.82, 2.24) is 0 Å². The highest BCUT2D eigenvalue weighted by atomic mass is 32.1. The molecular weight excluding hydrogens is 206 g/mol. The number of ketones is 2. The van der Waals surface area contributed by atoms with Crippen LogP contribution < -0.4 is 0 Å². The molecule has 1 aromatic rings. The van der Waals surface area contributed by atoms with Crippen LogP contribution in [0.1, 0.15) is 23.0 Å². The number of rotatable bonds is 4. The highest BCUT2D eigenvalue weighted by Gasteiger charge is 2.15. The van der Waals surface area contributed by atoms with E-state index in [-0.39, 0.29) is 27.9 Å². The van der Waals surface area contributed by atoms with Gasteiger partial charge in [0.05, 0.1) is 16.2 Å². The van der Waals surface area contributed by atoms with Gasteiger partial charge in [0, 0.05) is 6.07 Å². The summed E-state index contributed by atoms with van der Waals surface area (Å²) >= 11 is 0.790. The van der Waals surface area contributed by atoms with Crippen LogP contribution in [-0.2, 0) is 4.79 Å². The molecule has 0 aliphatic rings. The van der Waals surface area contributed by atoms with Gasteiger partial charge in [0.15, 0.2) is 5.78 Å². The molecule has 0 saturated carbocycles. The summed E-state index contributed by atoms with van der Waals surface area (Å²) in [5.41, 5.74) is 0. The van der Waals surface area contributed by atoms with Gasteiger partial charge < -0.3 is 0 Å². The van der Waals surface area contributed by atoms with Crippen LogP contribution in [0.3, 0.4) is 0 Å². The minimum atomic E-state index is -0.560. The van der Waals surface area contributed by atoms with E-state index < -0.39 is 4.92 Å². The minimum absolute atomic E-state index is 0.0862. The molecule has 0 aromatic carbocycles. The van der Waals surface area contributed by atoms with Crippen LogP contribution in [0.5, 0.6) is 0 Å². The van der Waals surface area contributed by atoms with Crippen molar-refractivity contribution in [3.8, 4) is 0 Å². The Labute approximate surface area is 83.5 Å². The fourth-order valence-electron chi connectivity index (χ4n) is 0.889. The standard InChI is InChI=1S/C8H7NO4S/c1-5(10)4-6(11)7-2-3-8(14-7)9(12)13/h2-3H,4H2,1H3. The average Bonchev–Trinajstić information content (AvgIpc) is 2.50. The number of nitro groups is 1. The van der Waals surface area contributed by atoms with E-state index in [1.807, 2.05) is 0 Å². The molecule has 1 heterocycles. The van der Waals surface area contributed by atoms with E-state index in [0.29, 0.717) is 0 Å². The maximum Gasteiger partial charge on any atom is 0.324 e. The van der Waals surface area contributed by atoms with Crippen molar-refractivity contribution < 1.29 is 14.5 Å². The normalized spacial score (nSPS) is 9.79. The molecule has 0 fully saturated rings. The van der Waals surface area contributed by atoms with E-state index in [1.54, 1.807) is 0 Å². The van der Waals surface area contributed by atoms with Gasteiger partial charge in [-0.15, -0.1) is 0 Å². The van der Waals surface area contributed by atoms with Gasteiger partial charge in [-0.05, 0) is 13.0 Å². The highest BCUT2D eigenvalue weighted by molar-refractivity contribution is 7.17. The number of nitrogens with zero attached hydrogens (tertiary/aromatic N) is 1. The molecule has 0 N–H and O–H groups in total. The van der Waals surface area contributed by atoms with Crippen molar-refractivity contribution in [2.75, 3.05) is 0 Å². The average molecular weight is 213 g/mol. The van der Waals surface area contributed by atoms with Gasteiger partial charge in [-0.3, -0.25) is 19.7 Å². The van der Waals surface area contributed by atoms with Gasteiger partial charge >= 0.3 is 5.00 Å². The van der Waals surface area contributed by atoms with Crippen molar-refractivity contribution in [2.45, 2.75) is 13.3 Å². The summed E-state index contributed by atoms with van der Waals surface area (Å²) in [5.74, 6) is -0.610. The molecule has 1 aromatic heterocycles. The first-order chi connectivity index (χ1) is 6.50. The topological polar surface area (TPSA) is 77.3 Å². The second kappa shape index (κ2) is 4.10. The van der Waals surface area contributed by atoms with Gasteiger partial charge in [-0.1, -0.05) is 11.3 Å². The number of hydrogen-bond acceptors (Lipinski definition) is 5. The Bertz CT molecular complexity index is 396. The monoisotopic (exact) mass is 213 g/mol. The summed E-state index contributed by atoms with van der Waals surface area (Å²) < 4.78 is 0. The second-order valence-corrected chi connectivity index (χ2v) is 3.76. The van der Waals surface area contributed by atoms with E-state index in [1.165, 1.54) is 19.1 Å². The third-order valence-corrected chi connectivity index (χ3v) is 2.53. The van der Waals surface area contributed by atoms with E-state index in [0.717, 1.165) is 11.3 Å². The molecule has 0 amide bonds. The first kappa shape index (κ1) is 10.5. The molecule has 1 rings (SSSR count). The Morgan fingerprint density at radius 1 is 1.50 bits per heavy atom. The lowest BCUT2D eigenvalue weighted by Gasteiger charge is -1.90. The summed E-state index contributed by atoms with van der Waals surface area (Å²) in [6.45, 7) is 1.31. The molecular formula is C8H7NO4S. The van der Waals surface area contributed by atoms with Crippen molar-refractivity contribution in [1.29, 1.82) is 0 Å². The van der Waals surface area contributed by atoms with Gasteiger partial charge in [-0.2, -0.15) is 0 Å². The van der Waals surface area contributed by atoms with Crippen LogP contribution in [0, 0.1) is 10.1 Å². The van der Waals surface area contributed by atoms with Crippen molar-refractivity contribution in [3.63, 3.8) is 0 Å². The van der Waals surface area contributed by atoms with E-state index in [4.69, 9.17) is 0 Å². The number of carbonyl (C=O) groups excluding carboxylic acids is 2. The predicted molar refractivity (Wildman–Crippen MR) is 50.6 cm³/mol. The number of Topliss-reactive ketones (excluding diaryl/α,β-unsaturated/α-hetero) is 2. The number of thiophene rings is 1. The Kier molecular flexibility index (Phi) is 3.08. The summed E-state index contributed by atoms with van der Waals surface area (Å²) in [4.78, 5) is 31.9. The lowest BCUT2D eigenvalue weighted by Crippen LogP contribution is -2.02. The van der Waals surface area contributed by atoms with Gasteiger partial charge in [0.25, 0.3) is 0 Å². The van der Waals surface area contributed by atoms with Crippen molar-refractivity contribution in [3.05, 3.63) is 27.1 Å². The zero-order valence-corrected chi connectivity index (χ0v) is 8.17. The minimum Gasteiger partial charge on any atom is -0.300 e. The van der Waals surface area contributed by atoms with Gasteiger partial charge in [0.2, 0.25) is 0 Å². The van der Waals surface area contributed by atoms with Crippen LogP contribution in [0.2, 0.25) is 0 Å². The molecule has 74 valence electrons. The Morgan fingerprint density at radius 3 is 2.57 bits per heavy atom. The first-order valence-corrected chi connectivity index (χ1v) is 4.59. The largest absolute Gasteiger partial charge is 0.324 e. The number of carbonyl (C=O) groups is 2. The molecule has 0 spiro atoms. The van der Waals surface area contributed by atoms with Crippen molar-refractivity contribution in [2.24, 2.45) is 0 Å². The third kappa shape index (κ3) is 2.46. The summed E-state index contributed by atoms with van der Waals surface area (Å²) in [6, 6.07) is 2.63.